The van der Waals surface area contributed by atoms with Crippen LogP contribution >= 0.6 is 0 Å². The molecular formula is C13H21N3O3S. The van der Waals surface area contributed by atoms with Crippen LogP contribution in [-0.2, 0) is 10.0 Å². The van der Waals surface area contributed by atoms with Crippen molar-refractivity contribution in [2.24, 2.45) is 0 Å². The molecule has 1 unspecified atom stereocenters. The molecule has 0 saturated carbocycles. The SMILES string of the molecule is CCNS(=O)(=O)c1ccc(N)c(N2CCCC2CO)c1. The van der Waals surface area contributed by atoms with Crippen molar-refractivity contribution >= 4 is 21.4 Å². The van der Waals surface area contributed by atoms with Crippen LogP contribution in [0.3, 0.4) is 0 Å². The molecule has 1 aromatic rings. The van der Waals surface area contributed by atoms with Gasteiger partial charge in [0.15, 0.2) is 0 Å². The number of hydrogen-bond acceptors (Lipinski definition) is 5. The van der Waals surface area contributed by atoms with Gasteiger partial charge in [-0.1, -0.05) is 6.92 Å². The average molecular weight is 299 g/mol. The molecule has 1 atom stereocenters. The summed E-state index contributed by atoms with van der Waals surface area (Å²) in [6.45, 7) is 2.90. The van der Waals surface area contributed by atoms with Crippen molar-refractivity contribution in [2.45, 2.75) is 30.7 Å². The van der Waals surface area contributed by atoms with E-state index >= 15 is 0 Å². The first-order valence-electron chi connectivity index (χ1n) is 6.76. The molecule has 1 saturated heterocycles. The van der Waals surface area contributed by atoms with Gasteiger partial charge in [0.1, 0.15) is 0 Å². The molecule has 0 amide bonds. The highest BCUT2D eigenvalue weighted by Gasteiger charge is 2.26. The topological polar surface area (TPSA) is 95.7 Å². The summed E-state index contributed by atoms with van der Waals surface area (Å²) in [4.78, 5) is 2.19. The normalized spacial score (nSPS) is 19.5. The third-order valence-electron chi connectivity index (χ3n) is 3.54. The van der Waals surface area contributed by atoms with E-state index in [9.17, 15) is 13.5 Å². The maximum absolute atomic E-state index is 12.0. The summed E-state index contributed by atoms with van der Waals surface area (Å²) in [6, 6.07) is 4.70. The zero-order valence-corrected chi connectivity index (χ0v) is 12.4. The van der Waals surface area contributed by atoms with Gasteiger partial charge in [-0.15, -0.1) is 0 Å². The number of rotatable bonds is 5. The second-order valence-electron chi connectivity index (χ2n) is 4.89. The molecule has 1 aromatic carbocycles. The zero-order valence-electron chi connectivity index (χ0n) is 11.5. The number of hydrogen-bond donors (Lipinski definition) is 3. The van der Waals surface area contributed by atoms with Gasteiger partial charge in [-0.2, -0.15) is 0 Å². The Kier molecular flexibility index (Phi) is 4.52. The lowest BCUT2D eigenvalue weighted by Gasteiger charge is -2.27. The predicted molar refractivity (Wildman–Crippen MR) is 79.2 cm³/mol. The van der Waals surface area contributed by atoms with Gasteiger partial charge in [-0.25, -0.2) is 13.1 Å². The first-order chi connectivity index (χ1) is 9.49. The molecule has 0 aromatic heterocycles. The summed E-state index contributed by atoms with van der Waals surface area (Å²) in [5.74, 6) is 0. The summed E-state index contributed by atoms with van der Waals surface area (Å²) in [6.07, 6.45) is 1.86. The Labute approximate surface area is 119 Å². The highest BCUT2D eigenvalue weighted by Crippen LogP contribution is 2.32. The largest absolute Gasteiger partial charge is 0.397 e. The molecule has 4 N–H and O–H groups in total. The lowest BCUT2D eigenvalue weighted by Crippen LogP contribution is -2.33. The molecule has 2 rings (SSSR count). The van der Waals surface area contributed by atoms with Gasteiger partial charge in [0.2, 0.25) is 10.0 Å². The van der Waals surface area contributed by atoms with Gasteiger partial charge < -0.3 is 15.7 Å². The smallest absolute Gasteiger partial charge is 0.240 e. The van der Waals surface area contributed by atoms with E-state index in [4.69, 9.17) is 5.73 Å². The van der Waals surface area contributed by atoms with Gasteiger partial charge in [0.25, 0.3) is 0 Å². The Morgan fingerprint density at radius 2 is 2.25 bits per heavy atom. The van der Waals surface area contributed by atoms with Gasteiger partial charge in [0, 0.05) is 13.1 Å². The van der Waals surface area contributed by atoms with Crippen molar-refractivity contribution in [3.63, 3.8) is 0 Å². The summed E-state index contributed by atoms with van der Waals surface area (Å²) in [7, 11) is -3.50. The standard InChI is InChI=1S/C13H21N3O3S/c1-2-15-20(18,19)11-5-6-12(14)13(8-11)16-7-3-4-10(16)9-17/h5-6,8,10,15,17H,2-4,7,9,14H2,1H3. The minimum Gasteiger partial charge on any atom is -0.397 e. The van der Waals surface area contributed by atoms with Gasteiger partial charge in [0.05, 0.1) is 28.9 Å². The minimum absolute atomic E-state index is 0.00869. The van der Waals surface area contributed by atoms with E-state index in [0.717, 1.165) is 19.4 Å². The first-order valence-corrected chi connectivity index (χ1v) is 8.24. The third-order valence-corrected chi connectivity index (χ3v) is 5.09. The van der Waals surface area contributed by atoms with Crippen LogP contribution in [0.1, 0.15) is 19.8 Å². The van der Waals surface area contributed by atoms with Gasteiger partial charge >= 0.3 is 0 Å². The molecule has 0 radical (unpaired) electrons. The fraction of sp³-hybridized carbons (Fsp3) is 0.538. The Hall–Kier alpha value is -1.31. The lowest BCUT2D eigenvalue weighted by molar-refractivity contribution is 0.266. The van der Waals surface area contributed by atoms with Crippen molar-refractivity contribution in [1.29, 1.82) is 0 Å². The van der Waals surface area contributed by atoms with Gasteiger partial charge in [-0.05, 0) is 31.0 Å². The van der Waals surface area contributed by atoms with E-state index < -0.39 is 10.0 Å². The van der Waals surface area contributed by atoms with E-state index in [-0.39, 0.29) is 17.5 Å². The maximum Gasteiger partial charge on any atom is 0.240 e. The fourth-order valence-corrected chi connectivity index (χ4v) is 3.62. The Balaban J connectivity index is 2.39. The number of aliphatic hydroxyl groups is 1. The average Bonchev–Trinajstić information content (AvgIpc) is 2.87. The number of anilines is 2. The molecule has 0 spiro atoms. The molecule has 1 aliphatic rings. The number of nitrogens with two attached hydrogens (primary N) is 1. The third kappa shape index (κ3) is 2.89. The quantitative estimate of drug-likeness (QED) is 0.689. The van der Waals surface area contributed by atoms with E-state index in [2.05, 4.69) is 4.72 Å². The van der Waals surface area contributed by atoms with Crippen LogP contribution in [0.4, 0.5) is 11.4 Å². The van der Waals surface area contributed by atoms with Crippen LogP contribution in [0.25, 0.3) is 0 Å². The van der Waals surface area contributed by atoms with Crippen molar-refractivity contribution in [3.05, 3.63) is 18.2 Å². The Bertz CT molecular complexity index is 574. The molecule has 112 valence electrons. The van der Waals surface area contributed by atoms with Crippen LogP contribution in [0.2, 0.25) is 0 Å². The molecule has 1 heterocycles. The second-order valence-corrected chi connectivity index (χ2v) is 6.66. The number of nitrogens with zero attached hydrogens (tertiary/aromatic N) is 1. The van der Waals surface area contributed by atoms with Crippen LogP contribution in [0.15, 0.2) is 23.1 Å². The van der Waals surface area contributed by atoms with Gasteiger partial charge in [-0.3, -0.25) is 0 Å². The summed E-state index contributed by atoms with van der Waals surface area (Å²) >= 11 is 0. The Morgan fingerprint density at radius 3 is 2.90 bits per heavy atom. The summed E-state index contributed by atoms with van der Waals surface area (Å²) in [5, 5.41) is 9.39. The highest BCUT2D eigenvalue weighted by molar-refractivity contribution is 7.89. The number of sulfonamides is 1. The predicted octanol–water partition coefficient (Wildman–Crippen LogP) is 0.528. The van der Waals surface area contributed by atoms with Crippen LogP contribution in [0.5, 0.6) is 0 Å². The van der Waals surface area contributed by atoms with Crippen molar-refractivity contribution < 1.29 is 13.5 Å². The van der Waals surface area contributed by atoms with Crippen molar-refractivity contribution in [1.82, 2.24) is 4.72 Å². The van der Waals surface area contributed by atoms with E-state index in [0.29, 0.717) is 17.9 Å². The monoisotopic (exact) mass is 299 g/mol. The lowest BCUT2D eigenvalue weighted by atomic mass is 10.2. The molecule has 7 heteroatoms. The molecule has 0 bridgehead atoms. The van der Waals surface area contributed by atoms with Crippen molar-refractivity contribution in [3.8, 4) is 0 Å². The molecule has 1 fully saturated rings. The molecule has 1 aliphatic heterocycles. The van der Waals surface area contributed by atoms with E-state index in [1.165, 1.54) is 6.07 Å². The molecule has 20 heavy (non-hydrogen) atoms. The molecule has 6 nitrogen and oxygen atoms in total. The van der Waals surface area contributed by atoms with Crippen LogP contribution in [0, 0.1) is 0 Å². The van der Waals surface area contributed by atoms with Crippen molar-refractivity contribution in [2.75, 3.05) is 30.3 Å². The van der Waals surface area contributed by atoms with E-state index in [1.54, 1.807) is 19.1 Å². The number of nitrogen functional groups attached to an aromatic ring is 1. The minimum atomic E-state index is -3.50. The second kappa shape index (κ2) is 5.99. The summed E-state index contributed by atoms with van der Waals surface area (Å²) < 4.78 is 26.5. The number of benzene rings is 1. The number of nitrogens with one attached hydrogen (secondary N) is 1. The molecular weight excluding hydrogens is 278 g/mol. The Morgan fingerprint density at radius 1 is 1.50 bits per heavy atom. The maximum atomic E-state index is 12.0. The number of aliphatic hydroxyl groups excluding tert-OH is 1. The highest BCUT2D eigenvalue weighted by atomic mass is 32.2. The van der Waals surface area contributed by atoms with E-state index in [1.807, 2.05) is 4.90 Å². The first kappa shape index (κ1) is 15.1. The fourth-order valence-electron chi connectivity index (χ4n) is 2.56. The van der Waals surface area contributed by atoms with Crippen LogP contribution in [-0.4, -0.2) is 39.3 Å². The van der Waals surface area contributed by atoms with Crippen LogP contribution < -0.4 is 15.4 Å². The zero-order chi connectivity index (χ0) is 14.8. The molecule has 0 aliphatic carbocycles. The summed E-state index contributed by atoms with van der Waals surface area (Å²) in [5.41, 5.74) is 7.17.